The molecule has 2 aromatic rings. The Hall–Kier alpha value is -1.96. The van der Waals surface area contributed by atoms with Crippen molar-refractivity contribution in [3.05, 3.63) is 58.7 Å². The molecular formula is C16H22N2. The Bertz CT molecular complexity index is 481. The standard InChI is InChI=1S/2C8H11N/c1-6-3-4-8(9)7(2)5-6;1-6-3-4-7(2)8(9)5-6/h2*3-5H,9H2,1-2H3. The van der Waals surface area contributed by atoms with Crippen LogP contribution in [0.3, 0.4) is 0 Å². The van der Waals surface area contributed by atoms with Crippen LogP contribution in [-0.2, 0) is 0 Å². The van der Waals surface area contributed by atoms with Crippen LogP contribution in [0, 0.1) is 27.7 Å². The van der Waals surface area contributed by atoms with E-state index in [1.165, 1.54) is 11.1 Å². The molecule has 96 valence electrons. The third-order valence-corrected chi connectivity index (χ3v) is 2.86. The molecular weight excluding hydrogens is 220 g/mol. The van der Waals surface area contributed by atoms with E-state index in [2.05, 4.69) is 19.1 Å². The van der Waals surface area contributed by atoms with Crippen LogP contribution < -0.4 is 11.5 Å². The Morgan fingerprint density at radius 3 is 1.61 bits per heavy atom. The molecule has 0 atom stereocenters. The van der Waals surface area contributed by atoms with Crippen LogP contribution >= 0.6 is 0 Å². The van der Waals surface area contributed by atoms with Gasteiger partial charge in [0.15, 0.2) is 0 Å². The smallest absolute Gasteiger partial charge is 0.0346 e. The van der Waals surface area contributed by atoms with Crippen molar-refractivity contribution in [1.82, 2.24) is 0 Å². The Kier molecular flexibility index (Phi) is 4.78. The van der Waals surface area contributed by atoms with Crippen LogP contribution in [0.25, 0.3) is 0 Å². The van der Waals surface area contributed by atoms with Gasteiger partial charge in [-0.2, -0.15) is 0 Å². The molecule has 4 N–H and O–H groups in total. The lowest BCUT2D eigenvalue weighted by atomic mass is 10.1. The fourth-order valence-corrected chi connectivity index (χ4v) is 1.59. The summed E-state index contributed by atoms with van der Waals surface area (Å²) in [6, 6.07) is 12.1. The van der Waals surface area contributed by atoms with E-state index in [4.69, 9.17) is 11.5 Å². The summed E-state index contributed by atoms with van der Waals surface area (Å²) in [6.07, 6.45) is 0. The first-order valence-corrected chi connectivity index (χ1v) is 6.05. The van der Waals surface area contributed by atoms with E-state index in [0.717, 1.165) is 22.5 Å². The van der Waals surface area contributed by atoms with Gasteiger partial charge in [0, 0.05) is 11.4 Å². The van der Waals surface area contributed by atoms with Gasteiger partial charge in [-0.1, -0.05) is 29.8 Å². The maximum absolute atomic E-state index is 5.62. The zero-order valence-electron chi connectivity index (χ0n) is 11.6. The molecule has 0 aliphatic carbocycles. The molecule has 0 radical (unpaired) electrons. The van der Waals surface area contributed by atoms with E-state index in [0.29, 0.717) is 0 Å². The average Bonchev–Trinajstić information content (AvgIpc) is 2.30. The van der Waals surface area contributed by atoms with E-state index in [1.54, 1.807) is 0 Å². The summed E-state index contributed by atoms with van der Waals surface area (Å²) in [4.78, 5) is 0. The molecule has 0 aliphatic rings. The number of nitrogen functional groups attached to an aromatic ring is 2. The molecule has 0 saturated heterocycles. The third kappa shape index (κ3) is 4.13. The first kappa shape index (κ1) is 14.1. The van der Waals surface area contributed by atoms with Crippen LogP contribution in [0.4, 0.5) is 11.4 Å². The highest BCUT2D eigenvalue weighted by Crippen LogP contribution is 2.11. The van der Waals surface area contributed by atoms with Gasteiger partial charge >= 0.3 is 0 Å². The predicted molar refractivity (Wildman–Crippen MR) is 80.7 cm³/mol. The van der Waals surface area contributed by atoms with Gasteiger partial charge in [0.2, 0.25) is 0 Å². The summed E-state index contributed by atoms with van der Waals surface area (Å²) >= 11 is 0. The highest BCUT2D eigenvalue weighted by Gasteiger charge is 1.90. The molecule has 2 rings (SSSR count). The summed E-state index contributed by atoms with van der Waals surface area (Å²) in [7, 11) is 0. The van der Waals surface area contributed by atoms with Gasteiger partial charge in [0.25, 0.3) is 0 Å². The minimum atomic E-state index is 0.876. The van der Waals surface area contributed by atoms with Gasteiger partial charge in [0.05, 0.1) is 0 Å². The molecule has 0 amide bonds. The SMILES string of the molecule is Cc1ccc(C)c(N)c1.Cc1ccc(N)c(C)c1. The second kappa shape index (κ2) is 6.10. The number of nitrogens with two attached hydrogens (primary N) is 2. The van der Waals surface area contributed by atoms with Crippen molar-refractivity contribution in [1.29, 1.82) is 0 Å². The second-order valence-electron chi connectivity index (χ2n) is 4.72. The first-order chi connectivity index (χ1) is 8.40. The van der Waals surface area contributed by atoms with Crippen molar-refractivity contribution >= 4 is 11.4 Å². The monoisotopic (exact) mass is 242 g/mol. The Morgan fingerprint density at radius 1 is 0.611 bits per heavy atom. The Morgan fingerprint density at radius 2 is 1.17 bits per heavy atom. The molecule has 0 aliphatic heterocycles. The van der Waals surface area contributed by atoms with E-state index in [1.807, 2.05) is 45.0 Å². The molecule has 0 spiro atoms. The van der Waals surface area contributed by atoms with Gasteiger partial charge in [-0.15, -0.1) is 0 Å². The second-order valence-corrected chi connectivity index (χ2v) is 4.72. The van der Waals surface area contributed by atoms with E-state index < -0.39 is 0 Å². The molecule has 2 nitrogen and oxygen atoms in total. The number of anilines is 2. The minimum absolute atomic E-state index is 0.876. The quantitative estimate of drug-likeness (QED) is 0.691. The number of hydrogen-bond donors (Lipinski definition) is 2. The van der Waals surface area contributed by atoms with Crippen molar-refractivity contribution in [3.63, 3.8) is 0 Å². The molecule has 0 heterocycles. The molecule has 0 saturated carbocycles. The van der Waals surface area contributed by atoms with Crippen LogP contribution in [0.5, 0.6) is 0 Å². The topological polar surface area (TPSA) is 52.0 Å². The summed E-state index contributed by atoms with van der Waals surface area (Å²) in [5.41, 5.74) is 17.8. The lowest BCUT2D eigenvalue weighted by Gasteiger charge is -1.98. The van der Waals surface area contributed by atoms with Gasteiger partial charge in [-0.05, 0) is 56.5 Å². The summed E-state index contributed by atoms with van der Waals surface area (Å²) < 4.78 is 0. The zero-order valence-corrected chi connectivity index (χ0v) is 11.6. The largest absolute Gasteiger partial charge is 0.399 e. The molecule has 0 aromatic heterocycles. The minimum Gasteiger partial charge on any atom is -0.399 e. The maximum Gasteiger partial charge on any atom is 0.0346 e. The fraction of sp³-hybridized carbons (Fsp3) is 0.250. The van der Waals surface area contributed by atoms with E-state index in [9.17, 15) is 0 Å². The van der Waals surface area contributed by atoms with Gasteiger partial charge in [-0.3, -0.25) is 0 Å². The van der Waals surface area contributed by atoms with Gasteiger partial charge in [0.1, 0.15) is 0 Å². The van der Waals surface area contributed by atoms with Crippen molar-refractivity contribution in [3.8, 4) is 0 Å². The van der Waals surface area contributed by atoms with Crippen LogP contribution in [0.1, 0.15) is 22.3 Å². The van der Waals surface area contributed by atoms with Crippen LogP contribution in [-0.4, -0.2) is 0 Å². The highest BCUT2D eigenvalue weighted by molar-refractivity contribution is 5.48. The molecule has 0 unspecified atom stereocenters. The molecule has 0 fully saturated rings. The number of benzene rings is 2. The number of hydrogen-bond acceptors (Lipinski definition) is 2. The third-order valence-electron chi connectivity index (χ3n) is 2.86. The van der Waals surface area contributed by atoms with E-state index in [-0.39, 0.29) is 0 Å². The number of aryl methyl sites for hydroxylation is 4. The average molecular weight is 242 g/mol. The number of rotatable bonds is 0. The van der Waals surface area contributed by atoms with Crippen molar-refractivity contribution in [2.45, 2.75) is 27.7 Å². The maximum atomic E-state index is 5.62. The fourth-order valence-electron chi connectivity index (χ4n) is 1.59. The summed E-state index contributed by atoms with van der Waals surface area (Å²) in [5.74, 6) is 0. The van der Waals surface area contributed by atoms with Gasteiger partial charge < -0.3 is 11.5 Å². The van der Waals surface area contributed by atoms with Crippen molar-refractivity contribution < 1.29 is 0 Å². The molecule has 2 aromatic carbocycles. The van der Waals surface area contributed by atoms with Crippen LogP contribution in [0.2, 0.25) is 0 Å². The predicted octanol–water partition coefficient (Wildman–Crippen LogP) is 3.77. The Balaban J connectivity index is 0.000000180. The van der Waals surface area contributed by atoms with Crippen molar-refractivity contribution in [2.24, 2.45) is 0 Å². The molecule has 18 heavy (non-hydrogen) atoms. The lowest BCUT2D eigenvalue weighted by molar-refractivity contribution is 1.39. The molecule has 2 heteroatoms. The first-order valence-electron chi connectivity index (χ1n) is 6.05. The van der Waals surface area contributed by atoms with Gasteiger partial charge in [-0.25, -0.2) is 0 Å². The molecule has 0 bridgehead atoms. The summed E-state index contributed by atoms with van der Waals surface area (Å²) in [6.45, 7) is 8.12. The zero-order chi connectivity index (χ0) is 13.7. The lowest BCUT2D eigenvalue weighted by Crippen LogP contribution is -1.88. The van der Waals surface area contributed by atoms with Crippen LogP contribution in [0.15, 0.2) is 36.4 Å². The highest BCUT2D eigenvalue weighted by atomic mass is 14.6. The van der Waals surface area contributed by atoms with E-state index >= 15 is 0 Å². The Labute approximate surface area is 110 Å². The summed E-state index contributed by atoms with van der Waals surface area (Å²) in [5, 5.41) is 0. The van der Waals surface area contributed by atoms with Crippen molar-refractivity contribution in [2.75, 3.05) is 11.5 Å². The normalized spacial score (nSPS) is 9.56.